The summed E-state index contributed by atoms with van der Waals surface area (Å²) in [5.41, 5.74) is 6.89. The van der Waals surface area contributed by atoms with Gasteiger partial charge in [0.1, 0.15) is 22.3 Å². The van der Waals surface area contributed by atoms with Crippen molar-refractivity contribution in [1.82, 2.24) is 0 Å². The Morgan fingerprint density at radius 2 is 1.00 bits per heavy atom. The van der Waals surface area contributed by atoms with E-state index < -0.39 is 0 Å². The Morgan fingerprint density at radius 1 is 0.386 bits per heavy atom. The van der Waals surface area contributed by atoms with E-state index in [-0.39, 0.29) is 0 Å². The monoisotopic (exact) mass is 581 g/mol. The van der Waals surface area contributed by atoms with E-state index in [1.165, 1.54) is 30.9 Å². The maximum Gasteiger partial charge on any atom is 0.136 e. The first-order chi connectivity index (χ1) is 21.8. The van der Waals surface area contributed by atoms with Crippen LogP contribution < -0.4 is 4.90 Å². The van der Waals surface area contributed by atoms with Crippen LogP contribution in [0.5, 0.6) is 0 Å². The summed E-state index contributed by atoms with van der Waals surface area (Å²) in [7, 11) is 0. The molecule has 3 heterocycles. The quantitative estimate of drug-likeness (QED) is 0.208. The number of para-hydroxylation sites is 2. The van der Waals surface area contributed by atoms with Crippen molar-refractivity contribution in [3.8, 4) is 0 Å². The zero-order valence-electron chi connectivity index (χ0n) is 23.5. The molecule has 0 amide bonds. The number of benzene rings is 7. The molecule has 0 saturated heterocycles. The molecular formula is C40H23NO2S. The molecule has 4 heteroatoms. The van der Waals surface area contributed by atoms with E-state index in [2.05, 4.69) is 120 Å². The Hall–Kier alpha value is -5.58. The van der Waals surface area contributed by atoms with Gasteiger partial charge in [0.05, 0.1) is 5.69 Å². The van der Waals surface area contributed by atoms with E-state index in [9.17, 15) is 0 Å². The van der Waals surface area contributed by atoms with E-state index in [1.807, 2.05) is 35.6 Å². The summed E-state index contributed by atoms with van der Waals surface area (Å²) in [6.07, 6.45) is 0. The van der Waals surface area contributed by atoms with Crippen LogP contribution in [0.3, 0.4) is 0 Å². The van der Waals surface area contributed by atoms with Gasteiger partial charge in [0.15, 0.2) is 0 Å². The lowest BCUT2D eigenvalue weighted by molar-refractivity contribution is 0.668. The third kappa shape index (κ3) is 3.37. The number of thiophene rings is 1. The molecule has 0 unspecified atom stereocenters. The average molecular weight is 582 g/mol. The maximum atomic E-state index is 6.27. The summed E-state index contributed by atoms with van der Waals surface area (Å²) >= 11 is 1.84. The maximum absolute atomic E-state index is 6.27. The van der Waals surface area contributed by atoms with Crippen LogP contribution in [0, 0.1) is 0 Å². The number of anilines is 3. The molecule has 0 bridgehead atoms. The van der Waals surface area contributed by atoms with E-state index in [0.29, 0.717) is 0 Å². The molecule has 0 N–H and O–H groups in total. The fourth-order valence-electron chi connectivity index (χ4n) is 6.89. The molecule has 10 rings (SSSR count). The smallest absolute Gasteiger partial charge is 0.136 e. The highest BCUT2D eigenvalue weighted by atomic mass is 32.1. The second kappa shape index (κ2) is 8.96. The van der Waals surface area contributed by atoms with Gasteiger partial charge in [0, 0.05) is 58.5 Å². The SMILES string of the molecule is c1ccc2c(c1)oc1ccc(N(c3ccc4sc5ccccc5c4c3)c3cccc4c3ccc3oc5ccccc5c34)cc12. The molecule has 206 valence electrons. The fourth-order valence-corrected chi connectivity index (χ4v) is 7.98. The molecule has 0 radical (unpaired) electrons. The number of fused-ring (bicyclic) bond motifs is 11. The lowest BCUT2D eigenvalue weighted by Gasteiger charge is -2.27. The predicted molar refractivity (Wildman–Crippen MR) is 186 cm³/mol. The first-order valence-corrected chi connectivity index (χ1v) is 15.6. The molecular weight excluding hydrogens is 559 g/mol. The van der Waals surface area contributed by atoms with Crippen LogP contribution >= 0.6 is 11.3 Å². The first-order valence-electron chi connectivity index (χ1n) is 14.8. The van der Waals surface area contributed by atoms with Gasteiger partial charge in [-0.3, -0.25) is 0 Å². The summed E-state index contributed by atoms with van der Waals surface area (Å²) in [5, 5.41) is 9.40. The second-order valence-electron chi connectivity index (χ2n) is 11.3. The van der Waals surface area contributed by atoms with Crippen molar-refractivity contribution < 1.29 is 8.83 Å². The van der Waals surface area contributed by atoms with Gasteiger partial charge >= 0.3 is 0 Å². The van der Waals surface area contributed by atoms with Crippen LogP contribution in [0.25, 0.3) is 74.8 Å². The number of hydrogen-bond acceptors (Lipinski definition) is 4. The van der Waals surface area contributed by atoms with Gasteiger partial charge in [-0.1, -0.05) is 66.7 Å². The molecule has 3 aromatic heterocycles. The molecule has 3 nitrogen and oxygen atoms in total. The van der Waals surface area contributed by atoms with Crippen molar-refractivity contribution in [2.24, 2.45) is 0 Å². The van der Waals surface area contributed by atoms with Crippen LogP contribution in [0.2, 0.25) is 0 Å². The normalized spacial score (nSPS) is 12.1. The zero-order chi connectivity index (χ0) is 28.8. The van der Waals surface area contributed by atoms with E-state index >= 15 is 0 Å². The Morgan fingerprint density at radius 3 is 1.89 bits per heavy atom. The van der Waals surface area contributed by atoms with Gasteiger partial charge < -0.3 is 13.7 Å². The molecule has 7 aromatic carbocycles. The molecule has 0 aliphatic carbocycles. The van der Waals surface area contributed by atoms with Gasteiger partial charge in [-0.15, -0.1) is 11.3 Å². The molecule has 0 fully saturated rings. The van der Waals surface area contributed by atoms with E-state index in [0.717, 1.165) is 60.9 Å². The number of nitrogens with zero attached hydrogens (tertiary/aromatic N) is 1. The highest BCUT2D eigenvalue weighted by Crippen LogP contribution is 2.45. The van der Waals surface area contributed by atoms with E-state index in [1.54, 1.807) is 0 Å². The molecule has 0 aliphatic heterocycles. The molecule has 0 atom stereocenters. The van der Waals surface area contributed by atoms with Crippen LogP contribution in [0.1, 0.15) is 0 Å². The minimum Gasteiger partial charge on any atom is -0.456 e. The lowest BCUT2D eigenvalue weighted by atomic mass is 10.0. The molecule has 10 aromatic rings. The Labute approximate surface area is 255 Å². The summed E-state index contributed by atoms with van der Waals surface area (Å²) in [4.78, 5) is 2.39. The average Bonchev–Trinajstić information content (AvgIpc) is 3.76. The van der Waals surface area contributed by atoms with E-state index in [4.69, 9.17) is 8.83 Å². The fraction of sp³-hybridized carbons (Fsp3) is 0. The minimum atomic E-state index is 0.888. The molecule has 0 saturated carbocycles. The van der Waals surface area contributed by atoms with Gasteiger partial charge in [-0.05, 0) is 78.2 Å². The van der Waals surface area contributed by atoms with Gasteiger partial charge in [-0.2, -0.15) is 0 Å². The van der Waals surface area contributed by atoms with Crippen molar-refractivity contribution >= 4 is 103 Å². The summed E-state index contributed by atoms with van der Waals surface area (Å²) in [6.45, 7) is 0. The Kier molecular flexibility index (Phi) is 4.87. The summed E-state index contributed by atoms with van der Waals surface area (Å²) < 4.78 is 15.1. The third-order valence-corrected chi connectivity index (χ3v) is 10.0. The largest absolute Gasteiger partial charge is 0.456 e. The zero-order valence-corrected chi connectivity index (χ0v) is 24.3. The topological polar surface area (TPSA) is 29.5 Å². The van der Waals surface area contributed by atoms with Gasteiger partial charge in [-0.25, -0.2) is 0 Å². The highest BCUT2D eigenvalue weighted by molar-refractivity contribution is 7.25. The standard InChI is InChI=1S/C40H23NO2S/c1-4-13-34-27(8-1)31-22-24(16-19-36(31)42-34)41(25-17-21-39-32(23-25)28-9-3-6-15-38(28)44-39)33-12-7-11-29-26(33)18-20-37-40(29)30-10-2-5-14-35(30)43-37/h1-23H. The van der Waals surface area contributed by atoms with Crippen LogP contribution in [0.15, 0.2) is 148 Å². The van der Waals surface area contributed by atoms with Crippen molar-refractivity contribution in [2.45, 2.75) is 0 Å². The first kappa shape index (κ1) is 23.9. The summed E-state index contributed by atoms with van der Waals surface area (Å²) in [6, 6.07) is 49.6. The lowest BCUT2D eigenvalue weighted by Crippen LogP contribution is -2.10. The Bertz CT molecular complexity index is 2630. The minimum absolute atomic E-state index is 0.888. The van der Waals surface area contributed by atoms with Crippen molar-refractivity contribution in [2.75, 3.05) is 4.90 Å². The van der Waals surface area contributed by atoms with Crippen LogP contribution in [-0.2, 0) is 0 Å². The molecule has 44 heavy (non-hydrogen) atoms. The van der Waals surface area contributed by atoms with Gasteiger partial charge in [0.25, 0.3) is 0 Å². The molecule has 0 aliphatic rings. The second-order valence-corrected chi connectivity index (χ2v) is 12.4. The van der Waals surface area contributed by atoms with Crippen molar-refractivity contribution in [3.63, 3.8) is 0 Å². The van der Waals surface area contributed by atoms with Crippen molar-refractivity contribution in [3.05, 3.63) is 140 Å². The Balaban J connectivity index is 1.29. The number of furan rings is 2. The van der Waals surface area contributed by atoms with Crippen LogP contribution in [-0.4, -0.2) is 0 Å². The highest BCUT2D eigenvalue weighted by Gasteiger charge is 2.20. The molecule has 0 spiro atoms. The van der Waals surface area contributed by atoms with Crippen molar-refractivity contribution in [1.29, 1.82) is 0 Å². The predicted octanol–water partition coefficient (Wildman–Crippen LogP) is 12.5. The van der Waals surface area contributed by atoms with Gasteiger partial charge in [0.2, 0.25) is 0 Å². The number of rotatable bonds is 3. The summed E-state index contributed by atoms with van der Waals surface area (Å²) in [5.74, 6) is 0. The number of hydrogen-bond donors (Lipinski definition) is 0. The van der Waals surface area contributed by atoms with Crippen LogP contribution in [0.4, 0.5) is 17.1 Å². The third-order valence-electron chi connectivity index (χ3n) is 8.85.